The van der Waals surface area contributed by atoms with Crippen molar-refractivity contribution >= 4 is 17.7 Å². The molecule has 1 fully saturated rings. The van der Waals surface area contributed by atoms with Crippen LogP contribution >= 0.6 is 0 Å². The molecule has 188 valence electrons. The highest BCUT2D eigenvalue weighted by Gasteiger charge is 2.59. The number of hydrogen-bond acceptors (Lipinski definition) is 8. The highest BCUT2D eigenvalue weighted by molar-refractivity contribution is 6.10. The molecule has 10 nitrogen and oxygen atoms in total. The van der Waals surface area contributed by atoms with Gasteiger partial charge in [-0.05, 0) is 29.3 Å². The lowest BCUT2D eigenvalue weighted by atomic mass is 9.95. The predicted molar refractivity (Wildman–Crippen MR) is 122 cm³/mol. The number of benzene rings is 2. The van der Waals surface area contributed by atoms with Gasteiger partial charge in [-0.25, -0.2) is 9.59 Å². The zero-order chi connectivity index (χ0) is 26.0. The molecule has 0 bridgehead atoms. The van der Waals surface area contributed by atoms with Crippen LogP contribution in [0.5, 0.6) is 0 Å². The van der Waals surface area contributed by atoms with Gasteiger partial charge in [-0.15, -0.1) is 0 Å². The van der Waals surface area contributed by atoms with Crippen molar-refractivity contribution in [2.45, 2.75) is 24.4 Å². The number of aliphatic hydroxyl groups is 2. The number of carbonyl (C=O) groups is 2. The van der Waals surface area contributed by atoms with Gasteiger partial charge in [0.15, 0.2) is 6.10 Å². The van der Waals surface area contributed by atoms with Crippen molar-refractivity contribution in [2.75, 3.05) is 19.0 Å². The molecule has 0 aliphatic carbocycles. The van der Waals surface area contributed by atoms with E-state index in [1.807, 2.05) is 0 Å². The molecule has 2 heterocycles. The number of nitrogens with zero attached hydrogens (tertiary/aromatic N) is 2. The van der Waals surface area contributed by atoms with Crippen molar-refractivity contribution < 1.29 is 38.1 Å². The second kappa shape index (κ2) is 9.93. The Morgan fingerprint density at radius 1 is 1.11 bits per heavy atom. The lowest BCUT2D eigenvalue weighted by Gasteiger charge is -2.21. The van der Waals surface area contributed by atoms with E-state index in [2.05, 4.69) is 10.3 Å². The third-order valence-electron chi connectivity index (χ3n) is 5.68. The minimum atomic E-state index is -3.87. The summed E-state index contributed by atoms with van der Waals surface area (Å²) in [6.45, 7) is -0.873. The Balaban J connectivity index is 1.62. The topological polar surface area (TPSA) is 140 Å². The molecule has 1 amide bonds. The summed E-state index contributed by atoms with van der Waals surface area (Å²) in [4.78, 5) is 41.4. The molecule has 0 spiro atoms. The summed E-state index contributed by atoms with van der Waals surface area (Å²) >= 11 is 0. The number of aliphatic hydroxyl groups excluding tert-OH is 2. The predicted octanol–water partition coefficient (Wildman–Crippen LogP) is 1.84. The van der Waals surface area contributed by atoms with Crippen molar-refractivity contribution in [2.24, 2.45) is 0 Å². The van der Waals surface area contributed by atoms with Crippen LogP contribution in [-0.4, -0.2) is 63.5 Å². The second-order valence-corrected chi connectivity index (χ2v) is 7.87. The number of carbonyl (C=O) groups excluding carboxylic acids is 2. The Morgan fingerprint density at radius 3 is 2.31 bits per heavy atom. The summed E-state index contributed by atoms with van der Waals surface area (Å²) in [5.74, 6) is -5.35. The van der Waals surface area contributed by atoms with Crippen LogP contribution in [0, 0.1) is 0 Å². The van der Waals surface area contributed by atoms with Gasteiger partial charge in [-0.2, -0.15) is 13.8 Å². The fraction of sp³-hybridized carbons (Fsp3) is 0.250. The molecule has 36 heavy (non-hydrogen) atoms. The van der Waals surface area contributed by atoms with Crippen LogP contribution < -0.4 is 11.0 Å². The van der Waals surface area contributed by atoms with Crippen LogP contribution in [0.1, 0.15) is 26.9 Å². The van der Waals surface area contributed by atoms with Crippen molar-refractivity contribution in [3.05, 3.63) is 82.4 Å². The molecule has 1 saturated heterocycles. The van der Waals surface area contributed by atoms with Gasteiger partial charge in [-0.3, -0.25) is 9.36 Å². The van der Waals surface area contributed by atoms with Gasteiger partial charge < -0.3 is 25.0 Å². The van der Waals surface area contributed by atoms with Gasteiger partial charge in [0.25, 0.3) is 5.91 Å². The van der Waals surface area contributed by atoms with Gasteiger partial charge in [0.1, 0.15) is 11.9 Å². The van der Waals surface area contributed by atoms with Gasteiger partial charge in [0.05, 0.1) is 19.3 Å². The maximum absolute atomic E-state index is 14.4. The van der Waals surface area contributed by atoms with Crippen molar-refractivity contribution in [1.29, 1.82) is 0 Å². The van der Waals surface area contributed by atoms with Crippen molar-refractivity contribution in [3.8, 4) is 11.1 Å². The minimum Gasteiger partial charge on any atom is -0.465 e. The Labute approximate surface area is 202 Å². The normalized spacial score (nSPS) is 20.6. The molecule has 3 atom stereocenters. The zero-order valence-corrected chi connectivity index (χ0v) is 18.8. The highest BCUT2D eigenvalue weighted by Crippen LogP contribution is 2.42. The van der Waals surface area contributed by atoms with Gasteiger partial charge in [-0.1, -0.05) is 36.4 Å². The number of anilines is 1. The summed E-state index contributed by atoms with van der Waals surface area (Å²) in [6, 6.07) is 14.1. The monoisotopic (exact) mass is 501 g/mol. The van der Waals surface area contributed by atoms with Crippen LogP contribution in [0.25, 0.3) is 11.1 Å². The summed E-state index contributed by atoms with van der Waals surface area (Å²) in [6.07, 6.45) is -5.15. The van der Waals surface area contributed by atoms with Crippen molar-refractivity contribution in [1.82, 2.24) is 9.55 Å². The van der Waals surface area contributed by atoms with E-state index in [-0.39, 0.29) is 16.9 Å². The van der Waals surface area contributed by atoms with E-state index in [1.54, 1.807) is 42.5 Å². The third-order valence-corrected chi connectivity index (χ3v) is 5.68. The summed E-state index contributed by atoms with van der Waals surface area (Å²) in [5.41, 5.74) is 0.0669. The van der Waals surface area contributed by atoms with E-state index in [0.717, 1.165) is 12.3 Å². The zero-order valence-electron chi connectivity index (χ0n) is 18.8. The fourth-order valence-electron chi connectivity index (χ4n) is 3.88. The van der Waals surface area contributed by atoms with E-state index < -0.39 is 48.5 Å². The number of amides is 1. The first kappa shape index (κ1) is 25.1. The molecule has 0 saturated carbocycles. The first-order chi connectivity index (χ1) is 17.2. The standard InChI is InChI=1S/C24H21F2N3O7/c1-35-21(33)16-9-5-3-7-14(16)13-6-2-4-8-15(13)20(32)27-18-10-11-29(23(34)28-18)22-24(25,26)19(31)17(12-30)36-22/h2-11,17,19,22,30-31H,12H2,1H3,(H,27,28,32,34)/t17-,19-,22-/m1/s1. The number of alkyl halides is 2. The number of methoxy groups -OCH3 is 1. The molecule has 2 aromatic carbocycles. The maximum Gasteiger partial charge on any atom is 0.351 e. The molecule has 12 heteroatoms. The minimum absolute atomic E-state index is 0.152. The number of nitrogens with one attached hydrogen (secondary N) is 1. The van der Waals surface area contributed by atoms with E-state index >= 15 is 0 Å². The van der Waals surface area contributed by atoms with Crippen LogP contribution in [0.3, 0.4) is 0 Å². The first-order valence-electron chi connectivity index (χ1n) is 10.7. The maximum atomic E-state index is 14.4. The SMILES string of the molecule is COC(=O)c1ccccc1-c1ccccc1C(=O)Nc1ccn([C@@H]2O[C@H](CO)[C@@H](O)C2(F)F)c(=O)n1. The number of esters is 1. The molecule has 0 radical (unpaired) electrons. The average Bonchev–Trinajstić information content (AvgIpc) is 3.11. The van der Waals surface area contributed by atoms with Crippen LogP contribution in [0.4, 0.5) is 14.6 Å². The largest absolute Gasteiger partial charge is 0.465 e. The van der Waals surface area contributed by atoms with Gasteiger partial charge in [0.2, 0.25) is 6.23 Å². The number of rotatable bonds is 6. The van der Waals surface area contributed by atoms with E-state index in [4.69, 9.17) is 14.6 Å². The second-order valence-electron chi connectivity index (χ2n) is 7.87. The molecule has 3 N–H and O–H groups in total. The smallest absolute Gasteiger partial charge is 0.351 e. The quantitative estimate of drug-likeness (QED) is 0.435. The lowest BCUT2D eigenvalue weighted by Crippen LogP contribution is -2.41. The first-order valence-corrected chi connectivity index (χ1v) is 10.7. The Morgan fingerprint density at radius 2 is 1.72 bits per heavy atom. The molecular formula is C24H21F2N3O7. The number of hydrogen-bond donors (Lipinski definition) is 3. The van der Waals surface area contributed by atoms with Crippen LogP contribution in [-0.2, 0) is 9.47 Å². The molecular weight excluding hydrogens is 480 g/mol. The van der Waals surface area contributed by atoms with E-state index in [1.165, 1.54) is 13.2 Å². The lowest BCUT2D eigenvalue weighted by molar-refractivity contribution is -0.140. The van der Waals surface area contributed by atoms with Gasteiger partial charge >= 0.3 is 17.6 Å². The van der Waals surface area contributed by atoms with Crippen LogP contribution in [0.15, 0.2) is 65.6 Å². The molecule has 3 aromatic rings. The number of ether oxygens (including phenoxy) is 2. The Bertz CT molecular complexity index is 1360. The average molecular weight is 501 g/mol. The van der Waals surface area contributed by atoms with E-state index in [0.29, 0.717) is 15.7 Å². The molecule has 0 unspecified atom stereocenters. The Kier molecular flexibility index (Phi) is 6.93. The molecule has 1 aliphatic heterocycles. The molecule has 1 aromatic heterocycles. The third kappa shape index (κ3) is 4.49. The highest BCUT2D eigenvalue weighted by atomic mass is 19.3. The molecule has 1 aliphatic rings. The fourth-order valence-corrected chi connectivity index (χ4v) is 3.88. The summed E-state index contributed by atoms with van der Waals surface area (Å²) < 4.78 is 39.0. The molecule has 4 rings (SSSR count). The van der Waals surface area contributed by atoms with Gasteiger partial charge in [0, 0.05) is 11.8 Å². The number of aromatic nitrogens is 2. The summed E-state index contributed by atoms with van der Waals surface area (Å²) in [5, 5.41) is 21.2. The van der Waals surface area contributed by atoms with Crippen molar-refractivity contribution in [3.63, 3.8) is 0 Å². The van der Waals surface area contributed by atoms with E-state index in [9.17, 15) is 28.3 Å². The summed E-state index contributed by atoms with van der Waals surface area (Å²) in [7, 11) is 1.24. The van der Waals surface area contributed by atoms with Crippen LogP contribution in [0.2, 0.25) is 0 Å². The number of halogens is 2. The Hall–Kier alpha value is -4.00.